The summed E-state index contributed by atoms with van der Waals surface area (Å²) in [5, 5.41) is 4.07. The van der Waals surface area contributed by atoms with Crippen LogP contribution in [0.5, 0.6) is 0 Å². The fourth-order valence-electron chi connectivity index (χ4n) is 4.69. The van der Waals surface area contributed by atoms with Gasteiger partial charge in [0.15, 0.2) is 5.11 Å². The number of thiocarbonyl (C=S) groups is 1. The van der Waals surface area contributed by atoms with Crippen molar-refractivity contribution < 1.29 is 8.42 Å². The molecule has 0 unspecified atom stereocenters. The van der Waals surface area contributed by atoms with Crippen molar-refractivity contribution in [2.75, 3.05) is 15.9 Å². The molecule has 0 radical (unpaired) electrons. The van der Waals surface area contributed by atoms with E-state index in [1.165, 1.54) is 5.56 Å². The van der Waals surface area contributed by atoms with Gasteiger partial charge in [0.05, 0.1) is 23.7 Å². The van der Waals surface area contributed by atoms with Crippen LogP contribution in [0.4, 0.5) is 11.4 Å². The van der Waals surface area contributed by atoms with E-state index in [0.717, 1.165) is 34.6 Å². The van der Waals surface area contributed by atoms with Crippen molar-refractivity contribution in [2.24, 2.45) is 0 Å². The number of aryl methyl sites for hydroxylation is 2. The molecule has 3 heterocycles. The van der Waals surface area contributed by atoms with E-state index in [0.29, 0.717) is 10.8 Å². The molecular weight excluding hydrogens is 490 g/mol. The van der Waals surface area contributed by atoms with Crippen molar-refractivity contribution in [2.45, 2.75) is 25.9 Å². The van der Waals surface area contributed by atoms with Crippen molar-refractivity contribution in [3.05, 3.63) is 108 Å². The number of rotatable bonds is 6. The third kappa shape index (κ3) is 4.72. The van der Waals surface area contributed by atoms with Crippen LogP contribution in [0.25, 0.3) is 5.69 Å². The number of benzene rings is 2. The minimum Gasteiger partial charge on any atom is -0.351 e. The highest BCUT2D eigenvalue weighted by Gasteiger charge is 2.42. The smallest absolute Gasteiger partial charge is 0.229 e. The Kier molecular flexibility index (Phi) is 6.27. The fraction of sp³-hybridized carbons (Fsp3) is 0.185. The van der Waals surface area contributed by atoms with E-state index >= 15 is 0 Å². The van der Waals surface area contributed by atoms with E-state index in [9.17, 15) is 8.42 Å². The van der Waals surface area contributed by atoms with Gasteiger partial charge in [-0.15, -0.1) is 0 Å². The number of hydrogen-bond acceptors (Lipinski definition) is 4. The fourth-order valence-corrected chi connectivity index (χ4v) is 5.67. The highest BCUT2D eigenvalue weighted by Crippen LogP contribution is 2.43. The Labute approximate surface area is 216 Å². The molecule has 2 N–H and O–H groups in total. The maximum absolute atomic E-state index is 11.8. The SMILES string of the molecule is Cc1cccc(-n2cccc2[C@@H]2[C@@H](c3ccccn3)NC(=S)N2c2ccc(NS(C)(=O)=O)c(C)c2)c1. The molecule has 9 heteroatoms. The van der Waals surface area contributed by atoms with E-state index in [1.54, 1.807) is 12.3 Å². The zero-order valence-electron chi connectivity index (χ0n) is 20.2. The Morgan fingerprint density at radius 3 is 2.50 bits per heavy atom. The van der Waals surface area contributed by atoms with Crippen molar-refractivity contribution in [1.29, 1.82) is 0 Å². The lowest BCUT2D eigenvalue weighted by molar-refractivity contribution is 0.549. The van der Waals surface area contributed by atoms with Gasteiger partial charge < -0.3 is 14.8 Å². The summed E-state index contributed by atoms with van der Waals surface area (Å²) in [7, 11) is -3.39. The quantitative estimate of drug-likeness (QED) is 0.349. The number of sulfonamides is 1. The predicted molar refractivity (Wildman–Crippen MR) is 148 cm³/mol. The molecule has 0 amide bonds. The molecule has 2 atom stereocenters. The van der Waals surface area contributed by atoms with Crippen molar-refractivity contribution in [3.63, 3.8) is 0 Å². The summed E-state index contributed by atoms with van der Waals surface area (Å²) < 4.78 is 28.3. The molecule has 7 nitrogen and oxygen atoms in total. The van der Waals surface area contributed by atoms with Crippen LogP contribution in [0, 0.1) is 13.8 Å². The van der Waals surface area contributed by atoms with Crippen LogP contribution in [-0.2, 0) is 10.0 Å². The van der Waals surface area contributed by atoms with Gasteiger partial charge in [-0.2, -0.15) is 0 Å². The lowest BCUT2D eigenvalue weighted by Crippen LogP contribution is -2.30. The average Bonchev–Trinajstić information content (AvgIpc) is 3.44. The van der Waals surface area contributed by atoms with Crippen LogP contribution in [0.15, 0.2) is 85.2 Å². The molecule has 0 spiro atoms. The van der Waals surface area contributed by atoms with Gasteiger partial charge in [-0.25, -0.2) is 8.42 Å². The van der Waals surface area contributed by atoms with E-state index in [-0.39, 0.29) is 12.1 Å². The zero-order chi connectivity index (χ0) is 25.4. The minimum atomic E-state index is -3.39. The summed E-state index contributed by atoms with van der Waals surface area (Å²) >= 11 is 5.86. The molecule has 1 fully saturated rings. The summed E-state index contributed by atoms with van der Waals surface area (Å²) in [6.45, 7) is 3.96. The van der Waals surface area contributed by atoms with Gasteiger partial charge in [0.2, 0.25) is 10.0 Å². The van der Waals surface area contributed by atoms with Crippen LogP contribution in [0.2, 0.25) is 0 Å². The van der Waals surface area contributed by atoms with Crippen LogP contribution in [0.3, 0.4) is 0 Å². The standard InChI is InChI=1S/C27H27N5O2S2/c1-18-8-6-9-20(16-18)31-15-7-11-24(31)26-25(23-10-4-5-14-28-23)29-27(35)32(26)21-12-13-22(19(2)17-21)30-36(3,33)34/h4-17,25-26,30H,1-3H3,(H,29,35)/t25-,26-/m1/s1. The number of hydrogen-bond donors (Lipinski definition) is 2. The second-order valence-corrected chi connectivity index (χ2v) is 11.1. The molecule has 0 saturated carbocycles. The normalized spacial score (nSPS) is 17.8. The summed E-state index contributed by atoms with van der Waals surface area (Å²) in [6, 6.07) is 23.6. The first-order valence-electron chi connectivity index (χ1n) is 11.5. The van der Waals surface area contributed by atoms with Crippen LogP contribution in [-0.4, -0.2) is 29.3 Å². The number of anilines is 2. The Bertz CT molecular complexity index is 1530. The molecule has 36 heavy (non-hydrogen) atoms. The average molecular weight is 518 g/mol. The molecule has 1 aliphatic rings. The Morgan fingerprint density at radius 1 is 0.972 bits per heavy atom. The highest BCUT2D eigenvalue weighted by atomic mass is 32.2. The molecule has 2 aromatic heterocycles. The predicted octanol–water partition coefficient (Wildman–Crippen LogP) is 5.04. The minimum absolute atomic E-state index is 0.189. The molecule has 184 valence electrons. The first-order valence-corrected chi connectivity index (χ1v) is 13.8. The molecule has 1 saturated heterocycles. The second kappa shape index (κ2) is 9.40. The Morgan fingerprint density at radius 2 is 1.81 bits per heavy atom. The van der Waals surface area contributed by atoms with Gasteiger partial charge >= 0.3 is 0 Å². The molecule has 1 aliphatic heterocycles. The maximum Gasteiger partial charge on any atom is 0.229 e. The second-order valence-electron chi connectivity index (χ2n) is 9.01. The number of pyridine rings is 1. The molecule has 0 bridgehead atoms. The lowest BCUT2D eigenvalue weighted by Gasteiger charge is -2.29. The molecule has 0 aliphatic carbocycles. The van der Waals surface area contributed by atoms with Crippen LogP contribution >= 0.6 is 12.2 Å². The summed E-state index contributed by atoms with van der Waals surface area (Å²) in [5.41, 5.74) is 6.39. The van der Waals surface area contributed by atoms with Crippen LogP contribution < -0.4 is 14.9 Å². The topological polar surface area (TPSA) is 79.3 Å². The van der Waals surface area contributed by atoms with Crippen molar-refractivity contribution in [3.8, 4) is 5.69 Å². The van der Waals surface area contributed by atoms with E-state index in [4.69, 9.17) is 12.2 Å². The third-order valence-corrected chi connectivity index (χ3v) is 7.15. The maximum atomic E-state index is 11.8. The first kappa shape index (κ1) is 24.0. The molecular formula is C27H27N5O2S2. The number of nitrogens with zero attached hydrogens (tertiary/aromatic N) is 3. The molecule has 4 aromatic rings. The van der Waals surface area contributed by atoms with E-state index in [2.05, 4.69) is 67.9 Å². The number of nitrogens with one attached hydrogen (secondary N) is 2. The highest BCUT2D eigenvalue weighted by molar-refractivity contribution is 7.92. The summed E-state index contributed by atoms with van der Waals surface area (Å²) in [5.74, 6) is 0. The van der Waals surface area contributed by atoms with Crippen molar-refractivity contribution >= 4 is 38.7 Å². The van der Waals surface area contributed by atoms with Gasteiger partial charge in [0.25, 0.3) is 0 Å². The Hall–Kier alpha value is -3.69. The van der Waals surface area contributed by atoms with Gasteiger partial charge in [0, 0.05) is 29.5 Å². The Balaban J connectivity index is 1.64. The van der Waals surface area contributed by atoms with E-state index < -0.39 is 10.0 Å². The summed E-state index contributed by atoms with van der Waals surface area (Å²) in [6.07, 6.45) is 4.99. The van der Waals surface area contributed by atoms with Gasteiger partial charge in [0.1, 0.15) is 6.04 Å². The third-order valence-electron chi connectivity index (χ3n) is 6.24. The van der Waals surface area contributed by atoms with Crippen molar-refractivity contribution in [1.82, 2.24) is 14.9 Å². The van der Waals surface area contributed by atoms with Gasteiger partial charge in [-0.05, 0) is 91.8 Å². The first-order chi connectivity index (χ1) is 17.2. The molecule has 2 aromatic carbocycles. The zero-order valence-corrected chi connectivity index (χ0v) is 21.8. The molecule has 5 rings (SSSR count). The number of aromatic nitrogens is 2. The van der Waals surface area contributed by atoms with E-state index in [1.807, 2.05) is 43.3 Å². The van der Waals surface area contributed by atoms with Gasteiger partial charge in [-0.3, -0.25) is 9.71 Å². The largest absolute Gasteiger partial charge is 0.351 e. The van der Waals surface area contributed by atoms with Crippen LogP contribution in [0.1, 0.15) is 34.6 Å². The monoisotopic (exact) mass is 517 g/mol. The lowest BCUT2D eigenvalue weighted by atomic mass is 10.00. The summed E-state index contributed by atoms with van der Waals surface area (Å²) in [4.78, 5) is 6.73. The van der Waals surface area contributed by atoms with Gasteiger partial charge in [-0.1, -0.05) is 18.2 Å².